The van der Waals surface area contributed by atoms with Gasteiger partial charge in [0.25, 0.3) is 0 Å². The zero-order valence-corrected chi connectivity index (χ0v) is 26.4. The number of piperidine rings is 1. The highest BCUT2D eigenvalue weighted by atomic mass is 19.1. The van der Waals surface area contributed by atoms with Crippen LogP contribution in [0.15, 0.2) is 60.8 Å². The van der Waals surface area contributed by atoms with Crippen molar-refractivity contribution < 1.29 is 32.5 Å². The fraction of sp³-hybridized carbons (Fsp3) is 0.343. The number of halogens is 2. The number of alkyl carbamates (subject to hydrolysis) is 1. The Balaban J connectivity index is 1.63. The summed E-state index contributed by atoms with van der Waals surface area (Å²) in [6.07, 6.45) is 1.17. The van der Waals surface area contributed by atoms with E-state index in [-0.39, 0.29) is 12.8 Å². The number of pyridine rings is 1. The van der Waals surface area contributed by atoms with Crippen molar-refractivity contribution in [2.45, 2.75) is 44.9 Å². The minimum atomic E-state index is -0.710. The summed E-state index contributed by atoms with van der Waals surface area (Å²) in [5, 5.41) is 13.4. The number of carbonyl (C=O) groups excluding carboxylic acids is 1. The Morgan fingerprint density at radius 2 is 1.83 bits per heavy atom. The molecule has 2 heterocycles. The minimum Gasteiger partial charge on any atom is -0.466 e. The number of amides is 1. The van der Waals surface area contributed by atoms with Crippen LogP contribution in [0.4, 0.5) is 19.3 Å². The first-order chi connectivity index (χ1) is 22.0. The van der Waals surface area contributed by atoms with Gasteiger partial charge in [-0.1, -0.05) is 18.2 Å². The lowest BCUT2D eigenvalue weighted by Gasteiger charge is -2.40. The molecule has 0 bridgehead atoms. The predicted molar refractivity (Wildman–Crippen MR) is 171 cm³/mol. The van der Waals surface area contributed by atoms with Crippen molar-refractivity contribution in [2.75, 3.05) is 39.0 Å². The first-order valence-corrected chi connectivity index (χ1v) is 14.8. The number of anilines is 1. The molecule has 46 heavy (non-hydrogen) atoms. The van der Waals surface area contributed by atoms with Crippen LogP contribution in [-0.2, 0) is 14.2 Å². The Hall–Kier alpha value is -4.79. The molecule has 4 aromatic rings. The lowest BCUT2D eigenvalue weighted by molar-refractivity contribution is 0.0298. The second-order valence-electron chi connectivity index (χ2n) is 12.0. The summed E-state index contributed by atoms with van der Waals surface area (Å²) >= 11 is 0. The molecular formula is C35H36F2N4O5. The maximum absolute atomic E-state index is 14.5. The average molecular weight is 631 g/mol. The Kier molecular flexibility index (Phi) is 9.70. The summed E-state index contributed by atoms with van der Waals surface area (Å²) in [5.41, 5.74) is 3.30. The van der Waals surface area contributed by atoms with Gasteiger partial charge >= 0.3 is 6.09 Å². The van der Waals surface area contributed by atoms with Gasteiger partial charge in [0.15, 0.2) is 6.79 Å². The van der Waals surface area contributed by atoms with Crippen LogP contribution >= 0.6 is 0 Å². The largest absolute Gasteiger partial charge is 0.466 e. The second kappa shape index (κ2) is 13.7. The van der Waals surface area contributed by atoms with Crippen molar-refractivity contribution in [3.63, 3.8) is 0 Å². The van der Waals surface area contributed by atoms with Crippen molar-refractivity contribution in [3.05, 3.63) is 78.0 Å². The molecule has 1 saturated heterocycles. The third-order valence-electron chi connectivity index (χ3n) is 7.66. The molecular weight excluding hydrogens is 594 g/mol. The van der Waals surface area contributed by atoms with Gasteiger partial charge in [-0.15, -0.1) is 0 Å². The molecule has 1 fully saturated rings. The molecule has 1 amide bonds. The summed E-state index contributed by atoms with van der Waals surface area (Å²) in [6.45, 7) is 6.19. The highest BCUT2D eigenvalue weighted by molar-refractivity contribution is 6.02. The SMILES string of the molecule is COCOc1c(C#N)cccc1-c1ccc2ncc(-c3cc(F)cc(F)c3)c(N3CC[C@@H](NC(=O)OC(C)(C)C)[C@H](OC)C3)c2c1. The van der Waals surface area contributed by atoms with Gasteiger partial charge in [0, 0.05) is 56.1 Å². The van der Waals surface area contributed by atoms with Gasteiger partial charge in [0.1, 0.15) is 29.1 Å². The van der Waals surface area contributed by atoms with Crippen LogP contribution in [-0.4, -0.2) is 62.9 Å². The van der Waals surface area contributed by atoms with Gasteiger partial charge in [-0.3, -0.25) is 4.98 Å². The molecule has 1 aliphatic rings. The van der Waals surface area contributed by atoms with E-state index in [9.17, 15) is 18.8 Å². The van der Waals surface area contributed by atoms with E-state index in [1.807, 2.05) is 24.3 Å². The van der Waals surface area contributed by atoms with Gasteiger partial charge in [0.05, 0.1) is 28.9 Å². The molecule has 0 spiro atoms. The standard InChI is InChI=1S/C35H36F2N4O5/c1-35(2,3)46-34(42)40-30-11-12-41(19-31(30)44-5)32-27-15-21(26-8-6-7-22(17-38)33(26)45-20-43-4)9-10-29(27)39-18-28(32)23-13-24(36)16-25(37)14-23/h6-10,13-16,18,30-31H,11-12,19-20H2,1-5H3,(H,40,42)/t30-,31-/m1/s1. The lowest BCUT2D eigenvalue weighted by atomic mass is 9.94. The van der Waals surface area contributed by atoms with Gasteiger partial charge in [-0.05, 0) is 68.7 Å². The number of nitriles is 1. The first-order valence-electron chi connectivity index (χ1n) is 14.8. The summed E-state index contributed by atoms with van der Waals surface area (Å²) in [4.78, 5) is 19.4. The number of para-hydroxylation sites is 1. The van der Waals surface area contributed by atoms with Crippen LogP contribution in [0.3, 0.4) is 0 Å². The molecule has 1 N–H and O–H groups in total. The number of hydrogen-bond acceptors (Lipinski definition) is 8. The maximum atomic E-state index is 14.5. The molecule has 1 aliphatic heterocycles. The topological polar surface area (TPSA) is 106 Å². The number of hydrogen-bond donors (Lipinski definition) is 1. The smallest absolute Gasteiger partial charge is 0.407 e. The molecule has 240 valence electrons. The number of nitrogens with zero attached hydrogens (tertiary/aromatic N) is 3. The molecule has 3 aromatic carbocycles. The first kappa shape index (κ1) is 32.6. The normalized spacial score (nSPS) is 16.6. The van der Waals surface area contributed by atoms with Gasteiger partial charge in [-0.2, -0.15) is 5.26 Å². The van der Waals surface area contributed by atoms with E-state index in [2.05, 4.69) is 21.3 Å². The van der Waals surface area contributed by atoms with E-state index >= 15 is 0 Å². The number of ether oxygens (including phenoxy) is 4. The van der Waals surface area contributed by atoms with Crippen LogP contribution in [0.5, 0.6) is 5.75 Å². The number of rotatable bonds is 8. The number of carbonyl (C=O) groups is 1. The van der Waals surface area contributed by atoms with Crippen LogP contribution in [0.2, 0.25) is 0 Å². The molecule has 5 rings (SSSR count). The minimum absolute atomic E-state index is 0.0496. The van der Waals surface area contributed by atoms with Crippen LogP contribution < -0.4 is 15.0 Å². The van der Waals surface area contributed by atoms with Crippen LogP contribution in [0.25, 0.3) is 33.2 Å². The number of fused-ring (bicyclic) bond motifs is 1. The zero-order chi connectivity index (χ0) is 33.0. The molecule has 0 saturated carbocycles. The molecule has 0 aliphatic carbocycles. The van der Waals surface area contributed by atoms with Crippen molar-refractivity contribution in [1.29, 1.82) is 5.26 Å². The third kappa shape index (κ3) is 7.19. The molecule has 9 nitrogen and oxygen atoms in total. The molecule has 0 radical (unpaired) electrons. The van der Waals surface area contributed by atoms with Crippen LogP contribution in [0.1, 0.15) is 32.8 Å². The van der Waals surface area contributed by atoms with E-state index in [0.29, 0.717) is 64.1 Å². The van der Waals surface area contributed by atoms with Crippen LogP contribution in [0, 0.1) is 23.0 Å². The van der Waals surface area contributed by atoms with E-state index in [4.69, 9.17) is 18.9 Å². The lowest BCUT2D eigenvalue weighted by Crippen LogP contribution is -2.55. The Morgan fingerprint density at radius 3 is 2.50 bits per heavy atom. The summed E-state index contributed by atoms with van der Waals surface area (Å²) < 4.78 is 51.3. The quantitative estimate of drug-likeness (QED) is 0.212. The second-order valence-corrected chi connectivity index (χ2v) is 12.0. The Morgan fingerprint density at radius 1 is 1.07 bits per heavy atom. The monoisotopic (exact) mass is 630 g/mol. The van der Waals surface area contributed by atoms with E-state index in [1.165, 1.54) is 19.2 Å². The number of aromatic nitrogens is 1. The Bertz CT molecular complexity index is 1770. The van der Waals surface area contributed by atoms with E-state index in [1.54, 1.807) is 46.2 Å². The molecule has 2 atom stereocenters. The number of nitrogens with one attached hydrogen (secondary N) is 1. The van der Waals surface area contributed by atoms with E-state index < -0.39 is 29.4 Å². The molecule has 0 unspecified atom stereocenters. The van der Waals surface area contributed by atoms with Gasteiger partial charge in [0.2, 0.25) is 0 Å². The van der Waals surface area contributed by atoms with E-state index in [0.717, 1.165) is 11.6 Å². The van der Waals surface area contributed by atoms with Crippen molar-refractivity contribution in [1.82, 2.24) is 10.3 Å². The number of methoxy groups -OCH3 is 2. The average Bonchev–Trinajstić information content (AvgIpc) is 3.01. The highest BCUT2D eigenvalue weighted by Gasteiger charge is 2.34. The van der Waals surface area contributed by atoms with Crippen molar-refractivity contribution in [3.8, 4) is 34.1 Å². The third-order valence-corrected chi connectivity index (χ3v) is 7.66. The fourth-order valence-corrected chi connectivity index (χ4v) is 5.72. The molecule has 1 aromatic heterocycles. The maximum Gasteiger partial charge on any atom is 0.407 e. The van der Waals surface area contributed by atoms with Crippen molar-refractivity contribution in [2.24, 2.45) is 0 Å². The number of benzene rings is 3. The molecule has 11 heteroatoms. The van der Waals surface area contributed by atoms with Crippen molar-refractivity contribution >= 4 is 22.7 Å². The van der Waals surface area contributed by atoms with Gasteiger partial charge < -0.3 is 29.2 Å². The summed E-state index contributed by atoms with van der Waals surface area (Å²) in [5.74, 6) is -1.05. The summed E-state index contributed by atoms with van der Waals surface area (Å²) in [6, 6.07) is 16.2. The highest BCUT2D eigenvalue weighted by Crippen LogP contribution is 2.41. The summed E-state index contributed by atoms with van der Waals surface area (Å²) in [7, 11) is 3.08. The van der Waals surface area contributed by atoms with Gasteiger partial charge in [-0.25, -0.2) is 13.6 Å². The zero-order valence-electron chi connectivity index (χ0n) is 26.4. The predicted octanol–water partition coefficient (Wildman–Crippen LogP) is 6.82. The fourth-order valence-electron chi connectivity index (χ4n) is 5.72. The Labute approximate surface area is 266 Å².